The molecule has 2 atom stereocenters. The summed E-state index contributed by atoms with van der Waals surface area (Å²) in [5, 5.41) is 7.67. The van der Waals surface area contributed by atoms with Gasteiger partial charge in [0.25, 0.3) is 5.91 Å². The zero-order chi connectivity index (χ0) is 14.2. The van der Waals surface area contributed by atoms with Gasteiger partial charge in [0.2, 0.25) is 0 Å². The number of amides is 1. The maximum Gasteiger partial charge on any atom is 0.259 e. The minimum Gasteiger partial charge on any atom is -0.338 e. The molecule has 2 fully saturated rings. The van der Waals surface area contributed by atoms with Crippen molar-refractivity contribution in [2.75, 3.05) is 26.2 Å². The molecule has 2 aliphatic heterocycles. The third-order valence-corrected chi connectivity index (χ3v) is 4.82. The lowest BCUT2D eigenvalue weighted by molar-refractivity contribution is 0.0760. The van der Waals surface area contributed by atoms with E-state index in [9.17, 15) is 4.79 Å². The maximum atomic E-state index is 12.8. The molecule has 4 rings (SSSR count). The molecule has 2 saturated heterocycles. The highest BCUT2D eigenvalue weighted by molar-refractivity contribution is 5.99. The minimum absolute atomic E-state index is 0. The van der Waals surface area contributed by atoms with Crippen LogP contribution in [0.2, 0.25) is 0 Å². The fraction of sp³-hybridized carbons (Fsp3) is 0.533. The SMILES string of the molecule is Cl.Cl.O=C(c1cnn2cccnc12)N1CC[C@@H]2CNC[C@@H]2CC1. The van der Waals surface area contributed by atoms with Gasteiger partial charge in [-0.05, 0) is 43.8 Å². The number of nitrogens with zero attached hydrogens (tertiary/aromatic N) is 4. The molecule has 4 heterocycles. The first-order valence-electron chi connectivity index (χ1n) is 7.61. The zero-order valence-electron chi connectivity index (χ0n) is 12.7. The molecule has 6 nitrogen and oxygen atoms in total. The van der Waals surface area contributed by atoms with Crippen molar-refractivity contribution in [3.8, 4) is 0 Å². The Hall–Kier alpha value is -1.37. The second-order valence-corrected chi connectivity index (χ2v) is 5.99. The molecule has 2 aromatic heterocycles. The van der Waals surface area contributed by atoms with Crippen LogP contribution in [0.4, 0.5) is 0 Å². The number of aromatic nitrogens is 3. The Kier molecular flexibility index (Phi) is 5.84. The first-order valence-corrected chi connectivity index (χ1v) is 7.61. The quantitative estimate of drug-likeness (QED) is 0.842. The van der Waals surface area contributed by atoms with Crippen molar-refractivity contribution in [2.45, 2.75) is 12.8 Å². The van der Waals surface area contributed by atoms with E-state index in [1.807, 2.05) is 17.2 Å². The Morgan fingerprint density at radius 1 is 1.17 bits per heavy atom. The van der Waals surface area contributed by atoms with E-state index in [1.165, 1.54) is 0 Å². The van der Waals surface area contributed by atoms with E-state index in [-0.39, 0.29) is 30.7 Å². The topological polar surface area (TPSA) is 62.5 Å². The molecule has 0 aromatic carbocycles. The summed E-state index contributed by atoms with van der Waals surface area (Å²) in [6, 6.07) is 1.81. The van der Waals surface area contributed by atoms with Crippen molar-refractivity contribution in [3.05, 3.63) is 30.2 Å². The molecular weight excluding hydrogens is 337 g/mol. The molecule has 0 spiro atoms. The highest BCUT2D eigenvalue weighted by Gasteiger charge is 2.32. The van der Waals surface area contributed by atoms with E-state index in [2.05, 4.69) is 15.4 Å². The van der Waals surface area contributed by atoms with Gasteiger partial charge in [0.15, 0.2) is 5.65 Å². The van der Waals surface area contributed by atoms with Crippen LogP contribution >= 0.6 is 24.8 Å². The first kappa shape index (κ1) is 18.0. The van der Waals surface area contributed by atoms with Gasteiger partial charge in [-0.1, -0.05) is 0 Å². The van der Waals surface area contributed by atoms with Gasteiger partial charge in [0, 0.05) is 25.5 Å². The number of nitrogens with one attached hydrogen (secondary N) is 1. The number of likely N-dealkylation sites (tertiary alicyclic amines) is 1. The summed E-state index contributed by atoms with van der Waals surface area (Å²) in [7, 11) is 0. The highest BCUT2D eigenvalue weighted by Crippen LogP contribution is 2.27. The predicted octanol–water partition coefficient (Wildman–Crippen LogP) is 1.64. The molecule has 1 N–H and O–H groups in total. The molecule has 0 bridgehead atoms. The van der Waals surface area contributed by atoms with Gasteiger partial charge in [-0.3, -0.25) is 4.79 Å². The van der Waals surface area contributed by atoms with Crippen LogP contribution in [-0.2, 0) is 0 Å². The van der Waals surface area contributed by atoms with Crippen LogP contribution in [0.3, 0.4) is 0 Å². The summed E-state index contributed by atoms with van der Waals surface area (Å²) >= 11 is 0. The van der Waals surface area contributed by atoms with Crippen LogP contribution < -0.4 is 5.32 Å². The van der Waals surface area contributed by atoms with Gasteiger partial charge in [-0.15, -0.1) is 24.8 Å². The molecule has 0 unspecified atom stereocenters. The molecule has 0 aliphatic carbocycles. The van der Waals surface area contributed by atoms with Gasteiger partial charge in [0.05, 0.1) is 6.20 Å². The number of hydrogen-bond acceptors (Lipinski definition) is 4. The molecule has 126 valence electrons. The molecule has 0 radical (unpaired) electrons. The van der Waals surface area contributed by atoms with E-state index in [0.717, 1.165) is 50.9 Å². The van der Waals surface area contributed by atoms with Crippen LogP contribution in [0.15, 0.2) is 24.7 Å². The van der Waals surface area contributed by atoms with E-state index in [1.54, 1.807) is 16.9 Å². The molecule has 23 heavy (non-hydrogen) atoms. The first-order chi connectivity index (χ1) is 10.3. The third kappa shape index (κ3) is 3.29. The summed E-state index contributed by atoms with van der Waals surface area (Å²) in [5.41, 5.74) is 1.26. The number of halogens is 2. The fourth-order valence-electron chi connectivity index (χ4n) is 3.57. The van der Waals surface area contributed by atoms with Crippen molar-refractivity contribution in [2.24, 2.45) is 11.8 Å². The summed E-state index contributed by atoms with van der Waals surface area (Å²) in [5.74, 6) is 1.52. The van der Waals surface area contributed by atoms with Crippen molar-refractivity contribution >= 4 is 36.4 Å². The van der Waals surface area contributed by atoms with Crippen molar-refractivity contribution < 1.29 is 4.79 Å². The van der Waals surface area contributed by atoms with E-state index in [0.29, 0.717) is 11.2 Å². The fourth-order valence-corrected chi connectivity index (χ4v) is 3.57. The molecule has 0 saturated carbocycles. The number of hydrogen-bond donors (Lipinski definition) is 1. The van der Waals surface area contributed by atoms with Gasteiger partial charge in [-0.25, -0.2) is 9.50 Å². The number of fused-ring (bicyclic) bond motifs is 2. The molecule has 2 aromatic rings. The third-order valence-electron chi connectivity index (χ3n) is 4.82. The van der Waals surface area contributed by atoms with Crippen LogP contribution in [0.1, 0.15) is 23.2 Å². The lowest BCUT2D eigenvalue weighted by Gasteiger charge is -2.20. The highest BCUT2D eigenvalue weighted by atomic mass is 35.5. The summed E-state index contributed by atoms with van der Waals surface area (Å²) < 4.78 is 1.66. The van der Waals surface area contributed by atoms with Crippen LogP contribution in [-0.4, -0.2) is 51.6 Å². The lowest BCUT2D eigenvalue weighted by Crippen LogP contribution is -2.32. The maximum absolute atomic E-state index is 12.8. The monoisotopic (exact) mass is 357 g/mol. The van der Waals surface area contributed by atoms with Gasteiger partial charge < -0.3 is 10.2 Å². The smallest absolute Gasteiger partial charge is 0.259 e. The molecule has 2 aliphatic rings. The van der Waals surface area contributed by atoms with E-state index in [4.69, 9.17) is 0 Å². The lowest BCUT2D eigenvalue weighted by atomic mass is 9.92. The van der Waals surface area contributed by atoms with Crippen molar-refractivity contribution in [1.29, 1.82) is 0 Å². The Morgan fingerprint density at radius 3 is 2.57 bits per heavy atom. The zero-order valence-corrected chi connectivity index (χ0v) is 14.4. The predicted molar refractivity (Wildman–Crippen MR) is 92.5 cm³/mol. The normalized spacial score (nSPS) is 23.6. The summed E-state index contributed by atoms with van der Waals surface area (Å²) in [6.07, 6.45) is 7.34. The molecular formula is C15H21Cl2N5O. The Morgan fingerprint density at radius 2 is 1.87 bits per heavy atom. The average Bonchev–Trinajstić information content (AvgIpc) is 3.09. The van der Waals surface area contributed by atoms with E-state index >= 15 is 0 Å². The van der Waals surface area contributed by atoms with Gasteiger partial charge in [0.1, 0.15) is 5.56 Å². The van der Waals surface area contributed by atoms with Crippen LogP contribution in [0.5, 0.6) is 0 Å². The Labute approximate surface area is 147 Å². The number of carbonyl (C=O) groups excluding carboxylic acids is 1. The second-order valence-electron chi connectivity index (χ2n) is 5.99. The standard InChI is InChI=1S/C15H19N5O.2ClH/c21-15(13-10-18-20-5-1-4-17-14(13)20)19-6-2-11-8-16-9-12(11)3-7-19;;/h1,4-5,10-12,16H,2-3,6-9H2;2*1H/t11-,12+;;. The van der Waals surface area contributed by atoms with Crippen molar-refractivity contribution in [1.82, 2.24) is 24.8 Å². The van der Waals surface area contributed by atoms with Crippen LogP contribution in [0.25, 0.3) is 5.65 Å². The van der Waals surface area contributed by atoms with Crippen molar-refractivity contribution in [3.63, 3.8) is 0 Å². The number of carbonyl (C=O) groups is 1. The Balaban J connectivity index is 0.000000960. The Bertz CT molecular complexity index is 663. The largest absolute Gasteiger partial charge is 0.338 e. The number of rotatable bonds is 1. The molecule has 1 amide bonds. The summed E-state index contributed by atoms with van der Waals surface area (Å²) in [6.45, 7) is 3.88. The van der Waals surface area contributed by atoms with Crippen LogP contribution in [0, 0.1) is 11.8 Å². The second kappa shape index (κ2) is 7.47. The van der Waals surface area contributed by atoms with E-state index < -0.39 is 0 Å². The molecule has 8 heteroatoms. The van der Waals surface area contributed by atoms with Gasteiger partial charge >= 0.3 is 0 Å². The minimum atomic E-state index is 0. The summed E-state index contributed by atoms with van der Waals surface area (Å²) in [4.78, 5) is 19.0. The van der Waals surface area contributed by atoms with Gasteiger partial charge in [-0.2, -0.15) is 5.10 Å². The average molecular weight is 358 g/mol.